The fourth-order valence-corrected chi connectivity index (χ4v) is 5.90. The minimum atomic E-state index is -0.103. The van der Waals surface area contributed by atoms with Gasteiger partial charge in [0.25, 0.3) is 11.8 Å². The van der Waals surface area contributed by atoms with Gasteiger partial charge in [-0.1, -0.05) is 65.0 Å². The number of imide groups is 1. The molecule has 1 aromatic rings. The number of likely N-dealkylation sites (tertiary alicyclic amines) is 1. The maximum atomic E-state index is 13.9. The van der Waals surface area contributed by atoms with E-state index in [9.17, 15) is 9.59 Å². The first-order chi connectivity index (χ1) is 16.0. The van der Waals surface area contributed by atoms with Crippen molar-refractivity contribution in [2.75, 3.05) is 19.7 Å². The van der Waals surface area contributed by atoms with Gasteiger partial charge >= 0.3 is 0 Å². The first-order valence-electron chi connectivity index (χ1n) is 13.1. The molecule has 180 valence electrons. The second-order valence-corrected chi connectivity index (χ2v) is 10.4. The average Bonchev–Trinajstić information content (AvgIpc) is 3.02. The lowest BCUT2D eigenvalue weighted by atomic mass is 9.91. The maximum absolute atomic E-state index is 13.9. The van der Waals surface area contributed by atoms with Crippen molar-refractivity contribution in [3.05, 3.63) is 35.5 Å². The van der Waals surface area contributed by atoms with Gasteiger partial charge in [-0.15, -0.1) is 0 Å². The first kappa shape index (κ1) is 23.8. The van der Waals surface area contributed by atoms with Crippen LogP contribution in [0.4, 0.5) is 0 Å². The van der Waals surface area contributed by atoms with E-state index in [0.29, 0.717) is 29.7 Å². The van der Waals surface area contributed by atoms with E-state index in [0.717, 1.165) is 62.9 Å². The fraction of sp³-hybridized carbons (Fsp3) is 0.643. The molecule has 3 aliphatic rings. The van der Waals surface area contributed by atoms with Crippen molar-refractivity contribution in [3.8, 4) is 5.75 Å². The molecule has 2 unspecified atom stereocenters. The van der Waals surface area contributed by atoms with E-state index in [1.165, 1.54) is 19.3 Å². The summed E-state index contributed by atoms with van der Waals surface area (Å²) in [6, 6.07) is 7.76. The van der Waals surface area contributed by atoms with Crippen LogP contribution >= 0.6 is 0 Å². The summed E-state index contributed by atoms with van der Waals surface area (Å²) in [6.07, 6.45) is 9.80. The molecule has 1 aliphatic carbocycles. The Morgan fingerprint density at radius 1 is 0.879 bits per heavy atom. The molecule has 5 heteroatoms. The number of nitrogens with zero attached hydrogens (tertiary/aromatic N) is 2. The molecule has 1 aromatic carbocycles. The molecular formula is C28H40N2O3. The van der Waals surface area contributed by atoms with Crippen LogP contribution < -0.4 is 4.74 Å². The van der Waals surface area contributed by atoms with Crippen LogP contribution in [0.1, 0.15) is 84.1 Å². The van der Waals surface area contributed by atoms with Crippen LogP contribution in [0.3, 0.4) is 0 Å². The fourth-order valence-electron chi connectivity index (χ4n) is 5.90. The zero-order valence-corrected chi connectivity index (χ0v) is 20.6. The highest BCUT2D eigenvalue weighted by molar-refractivity contribution is 6.35. The van der Waals surface area contributed by atoms with Crippen molar-refractivity contribution in [1.82, 2.24) is 9.80 Å². The van der Waals surface area contributed by atoms with Crippen LogP contribution in [-0.4, -0.2) is 47.4 Å². The minimum absolute atomic E-state index is 0.0181. The second kappa shape index (κ2) is 10.8. The van der Waals surface area contributed by atoms with Crippen molar-refractivity contribution in [2.24, 2.45) is 11.8 Å². The average molecular weight is 453 g/mol. The van der Waals surface area contributed by atoms with E-state index >= 15 is 0 Å². The van der Waals surface area contributed by atoms with Gasteiger partial charge in [0.05, 0.1) is 12.2 Å². The molecule has 2 aliphatic heterocycles. The SMILES string of the molecule is CCCOc1ccc(C2=C(N3CC(C)CC(C)C3)C(=O)N(C3CCCCCCC3)C2=O)cc1. The Morgan fingerprint density at radius 2 is 1.48 bits per heavy atom. The van der Waals surface area contributed by atoms with Crippen molar-refractivity contribution >= 4 is 17.4 Å². The zero-order valence-electron chi connectivity index (χ0n) is 20.6. The summed E-state index contributed by atoms with van der Waals surface area (Å²) < 4.78 is 5.75. The highest BCUT2D eigenvalue weighted by atomic mass is 16.5. The molecule has 0 N–H and O–H groups in total. The Kier molecular flexibility index (Phi) is 7.77. The minimum Gasteiger partial charge on any atom is -0.494 e. The molecule has 1 saturated heterocycles. The quantitative estimate of drug-likeness (QED) is 0.524. The van der Waals surface area contributed by atoms with Gasteiger partial charge in [-0.3, -0.25) is 14.5 Å². The molecule has 4 rings (SSSR count). The molecular weight excluding hydrogens is 412 g/mol. The van der Waals surface area contributed by atoms with Crippen molar-refractivity contribution < 1.29 is 14.3 Å². The molecule has 0 radical (unpaired) electrons. The Labute approximate surface area is 199 Å². The monoisotopic (exact) mass is 452 g/mol. The normalized spacial score (nSPS) is 25.4. The van der Waals surface area contributed by atoms with Crippen LogP contribution in [-0.2, 0) is 9.59 Å². The summed E-state index contributed by atoms with van der Waals surface area (Å²) in [5, 5.41) is 0. The predicted molar refractivity (Wildman–Crippen MR) is 132 cm³/mol. The highest BCUT2D eigenvalue weighted by Crippen LogP contribution is 2.38. The Hall–Kier alpha value is -2.30. The second-order valence-electron chi connectivity index (χ2n) is 10.4. The Balaban J connectivity index is 1.69. The van der Waals surface area contributed by atoms with Crippen molar-refractivity contribution in [3.63, 3.8) is 0 Å². The van der Waals surface area contributed by atoms with Gasteiger partial charge < -0.3 is 9.64 Å². The van der Waals surface area contributed by atoms with E-state index in [1.807, 2.05) is 24.3 Å². The smallest absolute Gasteiger partial charge is 0.278 e. The van der Waals surface area contributed by atoms with Gasteiger partial charge in [0.1, 0.15) is 11.4 Å². The molecule has 2 heterocycles. The summed E-state index contributed by atoms with van der Waals surface area (Å²) in [4.78, 5) is 31.6. The molecule has 0 bridgehead atoms. The lowest BCUT2D eigenvalue weighted by Crippen LogP contribution is -2.45. The van der Waals surface area contributed by atoms with Crippen LogP contribution in [0.15, 0.2) is 30.0 Å². The summed E-state index contributed by atoms with van der Waals surface area (Å²) in [5.41, 5.74) is 2.04. The molecule has 2 atom stereocenters. The summed E-state index contributed by atoms with van der Waals surface area (Å²) in [5.74, 6) is 1.63. The number of piperidine rings is 1. The number of hydrogen-bond donors (Lipinski definition) is 0. The van der Waals surface area contributed by atoms with Crippen molar-refractivity contribution in [1.29, 1.82) is 0 Å². The summed E-state index contributed by atoms with van der Waals surface area (Å²) in [7, 11) is 0. The Morgan fingerprint density at radius 3 is 2.09 bits per heavy atom. The molecule has 33 heavy (non-hydrogen) atoms. The van der Waals surface area contributed by atoms with Crippen LogP contribution in [0.2, 0.25) is 0 Å². The van der Waals surface area contributed by atoms with Gasteiger partial charge in [-0.25, -0.2) is 0 Å². The van der Waals surface area contributed by atoms with Gasteiger partial charge in [0, 0.05) is 19.1 Å². The molecule has 2 fully saturated rings. The summed E-state index contributed by atoms with van der Waals surface area (Å²) >= 11 is 0. The predicted octanol–water partition coefficient (Wildman–Crippen LogP) is 5.65. The number of carbonyl (C=O) groups is 2. The summed E-state index contributed by atoms with van der Waals surface area (Å²) in [6.45, 7) is 8.91. The third kappa shape index (κ3) is 5.28. The van der Waals surface area contributed by atoms with E-state index < -0.39 is 0 Å². The van der Waals surface area contributed by atoms with E-state index in [4.69, 9.17) is 4.74 Å². The lowest BCUT2D eigenvalue weighted by Gasteiger charge is -2.37. The molecule has 0 spiro atoms. The van der Waals surface area contributed by atoms with Gasteiger partial charge in [-0.05, 0) is 55.2 Å². The third-order valence-corrected chi connectivity index (χ3v) is 7.33. The number of ether oxygens (including phenoxy) is 1. The number of benzene rings is 1. The molecule has 5 nitrogen and oxygen atoms in total. The van der Waals surface area contributed by atoms with Crippen LogP contribution in [0, 0.1) is 11.8 Å². The standard InChI is InChI=1S/C28H40N2O3/c1-4-16-33-24-14-12-22(13-15-24)25-26(29-18-20(2)17-21(3)19-29)28(32)30(27(25)31)23-10-8-6-5-7-9-11-23/h12-15,20-21,23H,4-11,16-19H2,1-3H3. The largest absolute Gasteiger partial charge is 0.494 e. The zero-order chi connectivity index (χ0) is 23.4. The number of hydrogen-bond acceptors (Lipinski definition) is 4. The number of carbonyl (C=O) groups excluding carboxylic acids is 2. The Bertz CT molecular complexity index is 858. The van der Waals surface area contributed by atoms with Crippen LogP contribution in [0.25, 0.3) is 5.57 Å². The van der Waals surface area contributed by atoms with Gasteiger partial charge in [-0.2, -0.15) is 0 Å². The van der Waals surface area contributed by atoms with Crippen molar-refractivity contribution in [2.45, 2.75) is 84.6 Å². The van der Waals surface area contributed by atoms with E-state index in [2.05, 4.69) is 25.7 Å². The molecule has 2 amide bonds. The highest BCUT2D eigenvalue weighted by Gasteiger charge is 2.45. The topological polar surface area (TPSA) is 49.9 Å². The maximum Gasteiger partial charge on any atom is 0.278 e. The van der Waals surface area contributed by atoms with Gasteiger partial charge in [0.2, 0.25) is 0 Å². The van der Waals surface area contributed by atoms with Crippen LogP contribution in [0.5, 0.6) is 5.75 Å². The molecule has 1 saturated carbocycles. The number of amides is 2. The lowest BCUT2D eigenvalue weighted by molar-refractivity contribution is -0.140. The molecule has 0 aromatic heterocycles. The number of rotatable bonds is 6. The van der Waals surface area contributed by atoms with E-state index in [-0.39, 0.29) is 17.9 Å². The van der Waals surface area contributed by atoms with E-state index in [1.54, 1.807) is 4.90 Å². The first-order valence-corrected chi connectivity index (χ1v) is 13.1. The third-order valence-electron chi connectivity index (χ3n) is 7.33. The van der Waals surface area contributed by atoms with Gasteiger partial charge in [0.15, 0.2) is 0 Å².